The van der Waals surface area contributed by atoms with Crippen molar-refractivity contribution < 1.29 is 9.21 Å². The predicted octanol–water partition coefficient (Wildman–Crippen LogP) is 2.68. The number of hydrogen-bond donors (Lipinski definition) is 1. The molecule has 0 bridgehead atoms. The molecule has 17 heavy (non-hydrogen) atoms. The zero-order valence-electron chi connectivity index (χ0n) is 10.2. The molecule has 1 heterocycles. The highest BCUT2D eigenvalue weighted by Gasteiger charge is 2.15. The normalized spacial score (nSPS) is 20.4. The molecule has 3 nitrogen and oxygen atoms in total. The van der Waals surface area contributed by atoms with Crippen LogP contribution in [0.5, 0.6) is 0 Å². The summed E-state index contributed by atoms with van der Waals surface area (Å²) in [6.07, 6.45) is 9.55. The Bertz CT molecular complexity index is 381. The molecule has 1 aliphatic carbocycles. The summed E-state index contributed by atoms with van der Waals surface area (Å²) in [5.74, 6) is 1.49. The van der Waals surface area contributed by atoms with Crippen LogP contribution < -0.4 is 5.32 Å². The summed E-state index contributed by atoms with van der Waals surface area (Å²) in [5, 5.41) is 3.01. The van der Waals surface area contributed by atoms with Gasteiger partial charge in [-0.2, -0.15) is 0 Å². The minimum absolute atomic E-state index is 0.124. The third-order valence-electron chi connectivity index (χ3n) is 3.05. The van der Waals surface area contributed by atoms with Gasteiger partial charge in [-0.05, 0) is 37.8 Å². The third kappa shape index (κ3) is 3.77. The van der Waals surface area contributed by atoms with E-state index in [1.807, 2.05) is 19.1 Å². The highest BCUT2D eigenvalue weighted by Crippen LogP contribution is 2.20. The SMILES string of the molecule is C[C@@H](Cc1ccco1)NC(=O)C[C@H]1C=CCC1. The molecule has 0 aromatic carbocycles. The van der Waals surface area contributed by atoms with Crippen LogP contribution in [-0.2, 0) is 11.2 Å². The number of carbonyl (C=O) groups excluding carboxylic acids is 1. The van der Waals surface area contributed by atoms with Crippen molar-refractivity contribution in [3.05, 3.63) is 36.3 Å². The van der Waals surface area contributed by atoms with Gasteiger partial charge in [0.05, 0.1) is 6.26 Å². The zero-order chi connectivity index (χ0) is 12.1. The smallest absolute Gasteiger partial charge is 0.220 e. The van der Waals surface area contributed by atoms with Gasteiger partial charge in [-0.1, -0.05) is 12.2 Å². The summed E-state index contributed by atoms with van der Waals surface area (Å²) in [5.41, 5.74) is 0. The summed E-state index contributed by atoms with van der Waals surface area (Å²) in [4.78, 5) is 11.8. The first-order valence-electron chi connectivity index (χ1n) is 6.22. The topological polar surface area (TPSA) is 42.2 Å². The maximum atomic E-state index is 11.8. The van der Waals surface area contributed by atoms with Crippen molar-refractivity contribution in [2.45, 2.75) is 38.6 Å². The first-order valence-corrected chi connectivity index (χ1v) is 6.22. The molecule has 0 fully saturated rings. The van der Waals surface area contributed by atoms with E-state index in [2.05, 4.69) is 17.5 Å². The maximum absolute atomic E-state index is 11.8. The largest absolute Gasteiger partial charge is 0.469 e. The minimum atomic E-state index is 0.124. The molecule has 0 spiro atoms. The van der Waals surface area contributed by atoms with Crippen LogP contribution in [0.1, 0.15) is 31.9 Å². The number of hydrogen-bond acceptors (Lipinski definition) is 2. The molecule has 0 unspecified atom stereocenters. The molecule has 1 aromatic rings. The summed E-state index contributed by atoms with van der Waals surface area (Å²) < 4.78 is 5.26. The molecule has 2 atom stereocenters. The standard InChI is InChI=1S/C14H19NO2/c1-11(9-13-7-4-8-17-13)15-14(16)10-12-5-2-3-6-12/h2,4-5,7-8,11-12H,3,6,9-10H2,1H3,(H,15,16)/t11-,12-/m0/s1. The van der Waals surface area contributed by atoms with Crippen LogP contribution in [0.4, 0.5) is 0 Å². The van der Waals surface area contributed by atoms with E-state index in [-0.39, 0.29) is 11.9 Å². The van der Waals surface area contributed by atoms with Gasteiger partial charge in [0.25, 0.3) is 0 Å². The molecular formula is C14H19NO2. The van der Waals surface area contributed by atoms with Crippen LogP contribution >= 0.6 is 0 Å². The average Bonchev–Trinajstić information content (AvgIpc) is 2.90. The van der Waals surface area contributed by atoms with E-state index >= 15 is 0 Å². The zero-order valence-corrected chi connectivity index (χ0v) is 10.2. The summed E-state index contributed by atoms with van der Waals surface area (Å²) in [6.45, 7) is 2.00. The van der Waals surface area contributed by atoms with Crippen molar-refractivity contribution in [3.8, 4) is 0 Å². The fraction of sp³-hybridized carbons (Fsp3) is 0.500. The van der Waals surface area contributed by atoms with Crippen molar-refractivity contribution in [2.75, 3.05) is 0 Å². The van der Waals surface area contributed by atoms with Crippen LogP contribution in [0, 0.1) is 5.92 Å². The second kappa shape index (κ2) is 5.71. The second-order valence-electron chi connectivity index (χ2n) is 4.72. The summed E-state index contributed by atoms with van der Waals surface area (Å²) in [7, 11) is 0. The average molecular weight is 233 g/mol. The van der Waals surface area contributed by atoms with Crippen molar-refractivity contribution >= 4 is 5.91 Å². The molecular weight excluding hydrogens is 214 g/mol. The van der Waals surface area contributed by atoms with Gasteiger partial charge in [0, 0.05) is 18.9 Å². The van der Waals surface area contributed by atoms with Crippen LogP contribution in [0.25, 0.3) is 0 Å². The third-order valence-corrected chi connectivity index (χ3v) is 3.05. The molecule has 3 heteroatoms. The van der Waals surface area contributed by atoms with Crippen LogP contribution in [0.3, 0.4) is 0 Å². The highest BCUT2D eigenvalue weighted by atomic mass is 16.3. The van der Waals surface area contributed by atoms with Gasteiger partial charge >= 0.3 is 0 Å². The Morgan fingerprint density at radius 3 is 3.18 bits per heavy atom. The minimum Gasteiger partial charge on any atom is -0.469 e. The Balaban J connectivity index is 1.72. The lowest BCUT2D eigenvalue weighted by molar-refractivity contribution is -0.122. The number of carbonyl (C=O) groups is 1. The Morgan fingerprint density at radius 2 is 2.53 bits per heavy atom. The number of furan rings is 1. The van der Waals surface area contributed by atoms with E-state index in [9.17, 15) is 4.79 Å². The van der Waals surface area contributed by atoms with Crippen LogP contribution in [-0.4, -0.2) is 11.9 Å². The summed E-state index contributed by atoms with van der Waals surface area (Å²) >= 11 is 0. The maximum Gasteiger partial charge on any atom is 0.220 e. The summed E-state index contributed by atoms with van der Waals surface area (Å²) in [6, 6.07) is 3.93. The number of nitrogens with one attached hydrogen (secondary N) is 1. The van der Waals surface area contributed by atoms with Crippen LogP contribution in [0.15, 0.2) is 35.0 Å². The molecule has 1 aromatic heterocycles. The molecule has 0 saturated carbocycles. The molecule has 1 amide bonds. The van der Waals surface area contributed by atoms with Crippen molar-refractivity contribution in [3.63, 3.8) is 0 Å². The van der Waals surface area contributed by atoms with Gasteiger partial charge in [0.2, 0.25) is 5.91 Å². The van der Waals surface area contributed by atoms with Gasteiger partial charge in [-0.15, -0.1) is 0 Å². The predicted molar refractivity (Wildman–Crippen MR) is 66.5 cm³/mol. The van der Waals surface area contributed by atoms with Crippen molar-refractivity contribution in [2.24, 2.45) is 5.92 Å². The molecule has 1 N–H and O–H groups in total. The lowest BCUT2D eigenvalue weighted by Crippen LogP contribution is -2.34. The van der Waals surface area contributed by atoms with Gasteiger partial charge in [0.15, 0.2) is 0 Å². The lowest BCUT2D eigenvalue weighted by Gasteiger charge is -2.14. The number of rotatable bonds is 5. The first-order chi connectivity index (χ1) is 8.24. The fourth-order valence-corrected chi connectivity index (χ4v) is 2.22. The van der Waals surface area contributed by atoms with Gasteiger partial charge in [-0.3, -0.25) is 4.79 Å². The molecule has 0 saturated heterocycles. The molecule has 92 valence electrons. The van der Waals surface area contributed by atoms with Gasteiger partial charge in [0.1, 0.15) is 5.76 Å². The number of allylic oxidation sites excluding steroid dienone is 2. The highest BCUT2D eigenvalue weighted by molar-refractivity contribution is 5.76. The molecule has 0 aliphatic heterocycles. The quantitative estimate of drug-likeness (QED) is 0.794. The Morgan fingerprint density at radius 1 is 1.65 bits per heavy atom. The van der Waals surface area contributed by atoms with Gasteiger partial charge < -0.3 is 9.73 Å². The molecule has 0 radical (unpaired) electrons. The van der Waals surface area contributed by atoms with E-state index in [0.717, 1.165) is 25.0 Å². The van der Waals surface area contributed by atoms with E-state index in [4.69, 9.17) is 4.42 Å². The van der Waals surface area contributed by atoms with Crippen LogP contribution in [0.2, 0.25) is 0 Å². The van der Waals surface area contributed by atoms with Crippen molar-refractivity contribution in [1.29, 1.82) is 0 Å². The lowest BCUT2D eigenvalue weighted by atomic mass is 10.0. The Labute approximate surface area is 102 Å². The van der Waals surface area contributed by atoms with Crippen molar-refractivity contribution in [1.82, 2.24) is 5.32 Å². The Kier molecular flexibility index (Phi) is 4.02. The van der Waals surface area contributed by atoms with E-state index in [1.54, 1.807) is 6.26 Å². The fourth-order valence-electron chi connectivity index (χ4n) is 2.22. The monoisotopic (exact) mass is 233 g/mol. The van der Waals surface area contributed by atoms with Gasteiger partial charge in [-0.25, -0.2) is 0 Å². The number of amides is 1. The first kappa shape index (κ1) is 12.0. The molecule has 1 aliphatic rings. The Hall–Kier alpha value is -1.51. The second-order valence-corrected chi connectivity index (χ2v) is 4.72. The van der Waals surface area contributed by atoms with E-state index in [1.165, 1.54) is 0 Å². The van der Waals surface area contributed by atoms with E-state index in [0.29, 0.717) is 12.3 Å². The van der Waals surface area contributed by atoms with E-state index < -0.39 is 0 Å². The molecule has 2 rings (SSSR count).